The molecule has 0 fully saturated rings. The van der Waals surface area contributed by atoms with E-state index in [0.29, 0.717) is 11.8 Å². The van der Waals surface area contributed by atoms with Crippen molar-refractivity contribution in [1.82, 2.24) is 0 Å². The average molecular weight is 629 g/mol. The van der Waals surface area contributed by atoms with Gasteiger partial charge in [0.2, 0.25) is 0 Å². The maximum absolute atomic E-state index is 14.4. The second-order valence-electron chi connectivity index (χ2n) is 11.8. The average Bonchev–Trinajstić information content (AvgIpc) is 3.09. The Morgan fingerprint density at radius 3 is 1.51 bits per heavy atom. The van der Waals surface area contributed by atoms with E-state index < -0.39 is 17.4 Å². The van der Waals surface area contributed by atoms with Gasteiger partial charge in [-0.3, -0.25) is 9.59 Å². The summed E-state index contributed by atoms with van der Waals surface area (Å²) in [6.07, 6.45) is 0.596. The lowest BCUT2D eigenvalue weighted by Gasteiger charge is -2.21. The molecule has 0 bridgehead atoms. The van der Waals surface area contributed by atoms with Crippen LogP contribution in [0.5, 0.6) is 17.2 Å². The molecule has 0 aliphatic rings. The van der Waals surface area contributed by atoms with Crippen LogP contribution in [-0.4, -0.2) is 23.6 Å². The molecular formula is C40H36O7. The van der Waals surface area contributed by atoms with Crippen molar-refractivity contribution in [1.29, 1.82) is 0 Å². The van der Waals surface area contributed by atoms with Gasteiger partial charge in [-0.1, -0.05) is 103 Å². The van der Waals surface area contributed by atoms with Crippen molar-refractivity contribution < 1.29 is 33.3 Å². The molecule has 5 aromatic rings. The first kappa shape index (κ1) is 32.7. The number of hydrogen-bond acceptors (Lipinski definition) is 7. The van der Waals surface area contributed by atoms with E-state index in [0.717, 1.165) is 16.7 Å². The Bertz CT molecular complexity index is 1810. The molecule has 7 nitrogen and oxygen atoms in total. The maximum atomic E-state index is 14.4. The molecule has 0 spiro atoms. The smallest absolute Gasteiger partial charge is 0.338 e. The minimum Gasteiger partial charge on any atom is -0.488 e. The predicted octanol–water partition coefficient (Wildman–Crippen LogP) is 8.42. The fourth-order valence-electron chi connectivity index (χ4n) is 4.78. The molecule has 0 aromatic heterocycles. The summed E-state index contributed by atoms with van der Waals surface area (Å²) in [7, 11) is 0. The highest BCUT2D eigenvalue weighted by Crippen LogP contribution is 2.42. The van der Waals surface area contributed by atoms with E-state index in [-0.39, 0.29) is 53.8 Å². The molecule has 7 heteroatoms. The van der Waals surface area contributed by atoms with Gasteiger partial charge in [0.25, 0.3) is 0 Å². The summed E-state index contributed by atoms with van der Waals surface area (Å²) in [5.41, 5.74) is 2.51. The van der Waals surface area contributed by atoms with Crippen molar-refractivity contribution in [3.05, 3.63) is 160 Å². The molecule has 0 aliphatic heterocycles. The summed E-state index contributed by atoms with van der Waals surface area (Å²) in [6.45, 7) is 5.80. The van der Waals surface area contributed by atoms with Crippen LogP contribution in [-0.2, 0) is 24.6 Å². The van der Waals surface area contributed by atoms with Crippen LogP contribution >= 0.6 is 0 Å². The SMILES string of the molecule is CC(C)(C)OC(=O)c1ccc(C(=O)c2c(C=O)c(OCc3ccccc3)cc(OCc3ccccc3)c2OCc2ccccc2)cc1. The zero-order valence-electron chi connectivity index (χ0n) is 26.6. The predicted molar refractivity (Wildman–Crippen MR) is 179 cm³/mol. The number of ether oxygens (including phenoxy) is 4. The van der Waals surface area contributed by atoms with Crippen LogP contribution in [0.3, 0.4) is 0 Å². The van der Waals surface area contributed by atoms with Crippen molar-refractivity contribution in [3.8, 4) is 17.2 Å². The van der Waals surface area contributed by atoms with Crippen LogP contribution in [0.2, 0.25) is 0 Å². The minimum absolute atomic E-state index is 0.00503. The molecule has 0 radical (unpaired) electrons. The fraction of sp³-hybridized carbons (Fsp3) is 0.175. The number of rotatable bonds is 13. The maximum Gasteiger partial charge on any atom is 0.338 e. The van der Waals surface area contributed by atoms with E-state index in [9.17, 15) is 14.4 Å². The first-order chi connectivity index (χ1) is 22.7. The first-order valence-corrected chi connectivity index (χ1v) is 15.3. The molecule has 0 unspecified atom stereocenters. The first-order valence-electron chi connectivity index (χ1n) is 15.3. The number of hydrogen-bond donors (Lipinski definition) is 0. The summed E-state index contributed by atoms with van der Waals surface area (Å²) in [4.78, 5) is 39.8. The molecule has 5 rings (SSSR count). The third-order valence-corrected chi connectivity index (χ3v) is 7.07. The lowest BCUT2D eigenvalue weighted by Crippen LogP contribution is -2.23. The number of carbonyl (C=O) groups excluding carboxylic acids is 3. The van der Waals surface area contributed by atoms with Crippen LogP contribution in [0.15, 0.2) is 121 Å². The van der Waals surface area contributed by atoms with Crippen molar-refractivity contribution >= 4 is 18.0 Å². The van der Waals surface area contributed by atoms with Gasteiger partial charge >= 0.3 is 5.97 Å². The summed E-state index contributed by atoms with van der Waals surface area (Å²) in [5.74, 6) is -0.481. The van der Waals surface area contributed by atoms with Crippen LogP contribution < -0.4 is 14.2 Å². The van der Waals surface area contributed by atoms with E-state index in [1.165, 1.54) is 24.3 Å². The number of ketones is 1. The van der Waals surface area contributed by atoms with E-state index in [4.69, 9.17) is 18.9 Å². The summed E-state index contributed by atoms with van der Waals surface area (Å²) in [5, 5.41) is 0. The number of benzene rings is 5. The summed E-state index contributed by atoms with van der Waals surface area (Å²) in [6, 6.07) is 36.3. The molecule has 5 aromatic carbocycles. The molecule has 0 saturated heterocycles. The largest absolute Gasteiger partial charge is 0.488 e. The number of carbonyl (C=O) groups is 3. The molecule has 0 amide bonds. The Labute approximate surface area is 274 Å². The fourth-order valence-corrected chi connectivity index (χ4v) is 4.78. The highest BCUT2D eigenvalue weighted by Gasteiger charge is 2.28. The van der Waals surface area contributed by atoms with Crippen molar-refractivity contribution in [3.63, 3.8) is 0 Å². The van der Waals surface area contributed by atoms with Crippen LogP contribution in [0, 0.1) is 0 Å². The van der Waals surface area contributed by atoms with Crippen molar-refractivity contribution in [2.75, 3.05) is 0 Å². The monoisotopic (exact) mass is 628 g/mol. The van der Waals surface area contributed by atoms with Crippen LogP contribution in [0.1, 0.15) is 74.1 Å². The molecule has 0 aliphatic carbocycles. The third kappa shape index (κ3) is 8.73. The Morgan fingerprint density at radius 1 is 0.596 bits per heavy atom. The zero-order chi connectivity index (χ0) is 33.2. The van der Waals surface area contributed by atoms with Gasteiger partial charge in [-0.15, -0.1) is 0 Å². The molecule has 0 N–H and O–H groups in total. The molecule has 0 heterocycles. The highest BCUT2D eigenvalue weighted by molar-refractivity contribution is 6.16. The second kappa shape index (κ2) is 15.1. The van der Waals surface area contributed by atoms with Crippen molar-refractivity contribution in [2.24, 2.45) is 0 Å². The lowest BCUT2D eigenvalue weighted by atomic mass is 9.95. The van der Waals surface area contributed by atoms with Gasteiger partial charge in [0.05, 0.1) is 16.7 Å². The van der Waals surface area contributed by atoms with Gasteiger partial charge in [-0.05, 0) is 49.6 Å². The van der Waals surface area contributed by atoms with Gasteiger partial charge in [-0.2, -0.15) is 0 Å². The van der Waals surface area contributed by atoms with E-state index in [1.807, 2.05) is 91.0 Å². The molecule has 0 saturated carbocycles. The molecule has 238 valence electrons. The van der Waals surface area contributed by atoms with E-state index in [1.54, 1.807) is 26.8 Å². The third-order valence-electron chi connectivity index (χ3n) is 7.07. The van der Waals surface area contributed by atoms with Crippen LogP contribution in [0.4, 0.5) is 0 Å². The zero-order valence-corrected chi connectivity index (χ0v) is 26.6. The van der Waals surface area contributed by atoms with Crippen molar-refractivity contribution in [2.45, 2.75) is 46.2 Å². The lowest BCUT2D eigenvalue weighted by molar-refractivity contribution is 0.00692. The van der Waals surface area contributed by atoms with E-state index >= 15 is 0 Å². The molecular weight excluding hydrogens is 592 g/mol. The Kier molecular flexibility index (Phi) is 10.5. The topological polar surface area (TPSA) is 88.1 Å². The summed E-state index contributed by atoms with van der Waals surface area (Å²) >= 11 is 0. The highest BCUT2D eigenvalue weighted by atomic mass is 16.6. The Morgan fingerprint density at radius 2 is 1.04 bits per heavy atom. The standard InChI is InChI=1S/C40H36O7/c1-40(2,3)47-39(43)32-21-19-31(20-22-32)37(42)36-33(24-41)34(44-25-28-13-7-4-8-14-28)23-35(45-26-29-15-9-5-10-16-29)38(36)46-27-30-17-11-6-12-18-30/h4-24H,25-27H2,1-3H3. The second-order valence-corrected chi connectivity index (χ2v) is 11.8. The molecule has 47 heavy (non-hydrogen) atoms. The molecule has 0 atom stereocenters. The van der Waals surface area contributed by atoms with Gasteiger partial charge < -0.3 is 18.9 Å². The van der Waals surface area contributed by atoms with E-state index in [2.05, 4.69) is 0 Å². The number of aldehydes is 1. The normalized spacial score (nSPS) is 11.0. The van der Waals surface area contributed by atoms with Gasteiger partial charge in [0.1, 0.15) is 31.2 Å². The summed E-state index contributed by atoms with van der Waals surface area (Å²) < 4.78 is 24.3. The van der Waals surface area contributed by atoms with Gasteiger partial charge in [0.15, 0.2) is 23.6 Å². The van der Waals surface area contributed by atoms with Crippen LogP contribution in [0.25, 0.3) is 0 Å². The Hall–Kier alpha value is -5.69. The quantitative estimate of drug-likeness (QED) is 0.0735. The number of esters is 1. The minimum atomic E-state index is -0.675. The van der Waals surface area contributed by atoms with Gasteiger partial charge in [0, 0.05) is 11.6 Å². The Balaban J connectivity index is 1.59. The van der Waals surface area contributed by atoms with Gasteiger partial charge in [-0.25, -0.2) is 4.79 Å².